The summed E-state index contributed by atoms with van der Waals surface area (Å²) in [5.41, 5.74) is 0. The molecule has 1 N–H and O–H groups in total. The number of nitrogens with one attached hydrogen (secondary N) is 1. The lowest BCUT2D eigenvalue weighted by Gasteiger charge is -2.11. The van der Waals surface area contributed by atoms with Crippen molar-refractivity contribution in [3.63, 3.8) is 0 Å². The molecule has 0 aromatic carbocycles. The van der Waals surface area contributed by atoms with Crippen LogP contribution < -0.4 is 5.32 Å². The molecule has 0 fully saturated rings. The molecule has 0 aliphatic rings. The molecule has 2 nitrogen and oxygen atoms in total. The Morgan fingerprint density at radius 1 is 1.44 bits per heavy atom. The third kappa shape index (κ3) is 4.85. The maximum atomic E-state index is 4.44. The maximum Gasteiger partial charge on any atom is 0.107 e. The number of hydrogen-bond acceptors (Lipinski definition) is 4. The van der Waals surface area contributed by atoms with Gasteiger partial charge in [0.1, 0.15) is 5.01 Å². The normalized spacial score (nSPS) is 13.3. The van der Waals surface area contributed by atoms with Crippen molar-refractivity contribution in [2.75, 3.05) is 11.5 Å². The summed E-state index contributed by atoms with van der Waals surface area (Å²) in [6.45, 7) is 9.77. The van der Waals surface area contributed by atoms with Gasteiger partial charge < -0.3 is 5.32 Å². The Morgan fingerprint density at radius 3 is 2.75 bits per heavy atom. The van der Waals surface area contributed by atoms with Gasteiger partial charge in [-0.1, -0.05) is 20.8 Å². The summed E-state index contributed by atoms with van der Waals surface area (Å²) in [6.07, 6.45) is 2.01. The standard InChI is InChI=1S/C12H22N2S2/c1-5-15-8-10(4)13-7-12-14-6-11(16-12)9(2)3/h6,9-10,13H,5,7-8H2,1-4H3. The fraction of sp³-hybridized carbons (Fsp3) is 0.750. The van der Waals surface area contributed by atoms with Crippen LogP contribution in [0.25, 0.3) is 0 Å². The van der Waals surface area contributed by atoms with Gasteiger partial charge in [0.25, 0.3) is 0 Å². The van der Waals surface area contributed by atoms with Crippen LogP contribution in [0.15, 0.2) is 6.20 Å². The predicted molar refractivity (Wildman–Crippen MR) is 75.5 cm³/mol. The molecule has 0 aliphatic carbocycles. The monoisotopic (exact) mass is 258 g/mol. The smallest absolute Gasteiger partial charge is 0.107 e. The van der Waals surface area contributed by atoms with Gasteiger partial charge in [-0.15, -0.1) is 11.3 Å². The third-order valence-corrected chi connectivity index (χ3v) is 4.76. The van der Waals surface area contributed by atoms with E-state index < -0.39 is 0 Å². The second-order valence-electron chi connectivity index (χ2n) is 4.25. The molecule has 0 bridgehead atoms. The average molecular weight is 258 g/mol. The minimum absolute atomic E-state index is 0.566. The minimum Gasteiger partial charge on any atom is -0.307 e. The van der Waals surface area contributed by atoms with E-state index in [-0.39, 0.29) is 0 Å². The highest BCUT2D eigenvalue weighted by Crippen LogP contribution is 2.21. The lowest BCUT2D eigenvalue weighted by Crippen LogP contribution is -2.27. The Kier molecular flexibility index (Phi) is 6.39. The van der Waals surface area contributed by atoms with E-state index >= 15 is 0 Å². The zero-order chi connectivity index (χ0) is 12.0. The summed E-state index contributed by atoms with van der Waals surface area (Å²) >= 11 is 3.81. The lowest BCUT2D eigenvalue weighted by molar-refractivity contribution is 0.594. The number of nitrogens with zero attached hydrogens (tertiary/aromatic N) is 1. The van der Waals surface area contributed by atoms with Crippen LogP contribution in [0, 0.1) is 0 Å². The van der Waals surface area contributed by atoms with Crippen molar-refractivity contribution in [3.05, 3.63) is 16.1 Å². The Labute approximate surface area is 107 Å². The zero-order valence-electron chi connectivity index (χ0n) is 10.6. The van der Waals surface area contributed by atoms with E-state index in [0.717, 1.165) is 6.54 Å². The number of hydrogen-bond donors (Lipinski definition) is 1. The van der Waals surface area contributed by atoms with Gasteiger partial charge in [0, 0.05) is 29.4 Å². The van der Waals surface area contributed by atoms with Gasteiger partial charge in [-0.3, -0.25) is 0 Å². The first kappa shape index (κ1) is 14.0. The summed E-state index contributed by atoms with van der Waals surface area (Å²) < 4.78 is 0. The van der Waals surface area contributed by atoms with Crippen LogP contribution in [0.3, 0.4) is 0 Å². The molecule has 1 aromatic rings. The van der Waals surface area contributed by atoms with Crippen molar-refractivity contribution < 1.29 is 0 Å². The molecular weight excluding hydrogens is 236 g/mol. The lowest BCUT2D eigenvalue weighted by atomic mass is 10.2. The zero-order valence-corrected chi connectivity index (χ0v) is 12.3. The molecule has 1 atom stereocenters. The Bertz CT molecular complexity index is 297. The van der Waals surface area contributed by atoms with E-state index in [2.05, 4.69) is 38.0 Å². The van der Waals surface area contributed by atoms with Crippen molar-refractivity contribution in [2.24, 2.45) is 0 Å². The third-order valence-electron chi connectivity index (χ3n) is 2.31. The fourth-order valence-corrected chi connectivity index (χ4v) is 2.87. The number of thioether (sulfide) groups is 1. The van der Waals surface area contributed by atoms with Crippen LogP contribution in [0.4, 0.5) is 0 Å². The van der Waals surface area contributed by atoms with Crippen molar-refractivity contribution >= 4 is 23.1 Å². The van der Waals surface area contributed by atoms with Crippen LogP contribution in [-0.2, 0) is 6.54 Å². The van der Waals surface area contributed by atoms with Gasteiger partial charge in [0.2, 0.25) is 0 Å². The van der Waals surface area contributed by atoms with Crippen LogP contribution in [0.2, 0.25) is 0 Å². The van der Waals surface area contributed by atoms with Crippen molar-refractivity contribution in [1.29, 1.82) is 0 Å². The number of thiazole rings is 1. The molecule has 0 saturated heterocycles. The summed E-state index contributed by atoms with van der Waals surface area (Å²) in [5, 5.41) is 4.72. The molecule has 1 rings (SSSR count). The first-order chi connectivity index (χ1) is 7.63. The molecule has 0 amide bonds. The summed E-state index contributed by atoms with van der Waals surface area (Å²) in [5.74, 6) is 2.97. The van der Waals surface area contributed by atoms with Crippen molar-refractivity contribution in [1.82, 2.24) is 10.3 Å². The molecular formula is C12H22N2S2. The van der Waals surface area contributed by atoms with E-state index in [1.54, 1.807) is 0 Å². The van der Waals surface area contributed by atoms with Crippen LogP contribution in [0.5, 0.6) is 0 Å². The van der Waals surface area contributed by atoms with E-state index in [1.165, 1.54) is 21.4 Å². The van der Waals surface area contributed by atoms with Gasteiger partial charge in [-0.05, 0) is 18.6 Å². The van der Waals surface area contributed by atoms with Gasteiger partial charge in [-0.2, -0.15) is 11.8 Å². The van der Waals surface area contributed by atoms with Crippen LogP contribution in [-0.4, -0.2) is 22.5 Å². The van der Waals surface area contributed by atoms with E-state index in [1.807, 2.05) is 29.3 Å². The molecule has 0 spiro atoms. The second kappa shape index (κ2) is 7.30. The molecule has 16 heavy (non-hydrogen) atoms. The first-order valence-corrected chi connectivity index (χ1v) is 7.86. The molecule has 1 unspecified atom stereocenters. The topological polar surface area (TPSA) is 24.9 Å². The number of rotatable bonds is 7. The molecule has 1 aromatic heterocycles. The van der Waals surface area contributed by atoms with Gasteiger partial charge >= 0.3 is 0 Å². The largest absolute Gasteiger partial charge is 0.307 e. The van der Waals surface area contributed by atoms with Crippen molar-refractivity contribution in [3.8, 4) is 0 Å². The molecule has 1 heterocycles. The minimum atomic E-state index is 0.566. The summed E-state index contributed by atoms with van der Waals surface area (Å²) in [4.78, 5) is 5.82. The molecule has 0 aliphatic heterocycles. The van der Waals surface area contributed by atoms with E-state index in [4.69, 9.17) is 0 Å². The molecule has 92 valence electrons. The quantitative estimate of drug-likeness (QED) is 0.810. The fourth-order valence-electron chi connectivity index (χ4n) is 1.29. The van der Waals surface area contributed by atoms with Gasteiger partial charge in [0.15, 0.2) is 0 Å². The summed E-state index contributed by atoms with van der Waals surface area (Å²) in [6, 6.07) is 0.566. The van der Waals surface area contributed by atoms with Crippen LogP contribution in [0.1, 0.15) is 43.5 Å². The van der Waals surface area contributed by atoms with Crippen molar-refractivity contribution in [2.45, 2.75) is 46.2 Å². The Morgan fingerprint density at radius 2 is 2.19 bits per heavy atom. The van der Waals surface area contributed by atoms with Gasteiger partial charge in [-0.25, -0.2) is 4.98 Å². The van der Waals surface area contributed by atoms with Crippen LogP contribution >= 0.6 is 23.1 Å². The molecule has 4 heteroatoms. The molecule has 0 saturated carbocycles. The Balaban J connectivity index is 2.31. The van der Waals surface area contributed by atoms with E-state index in [9.17, 15) is 0 Å². The predicted octanol–water partition coefficient (Wildman–Crippen LogP) is 3.50. The highest BCUT2D eigenvalue weighted by molar-refractivity contribution is 7.99. The summed E-state index contributed by atoms with van der Waals surface area (Å²) in [7, 11) is 0. The molecule has 0 radical (unpaired) electrons. The second-order valence-corrected chi connectivity index (χ2v) is 6.72. The van der Waals surface area contributed by atoms with Gasteiger partial charge in [0.05, 0.1) is 0 Å². The first-order valence-electron chi connectivity index (χ1n) is 5.89. The Hall–Kier alpha value is -0.0600. The number of aromatic nitrogens is 1. The average Bonchev–Trinajstić information content (AvgIpc) is 2.72. The highest BCUT2D eigenvalue weighted by atomic mass is 32.2. The maximum absolute atomic E-state index is 4.44. The SMILES string of the molecule is CCSCC(C)NCc1ncc(C(C)C)s1. The highest BCUT2D eigenvalue weighted by Gasteiger charge is 2.06. The van der Waals surface area contributed by atoms with E-state index in [0.29, 0.717) is 12.0 Å².